The second-order valence-electron chi connectivity index (χ2n) is 6.57. The molecule has 142 valence electrons. The van der Waals surface area contributed by atoms with E-state index in [1.165, 1.54) is 7.11 Å². The summed E-state index contributed by atoms with van der Waals surface area (Å²) in [6.45, 7) is 6.48. The molecule has 1 aromatic heterocycles. The van der Waals surface area contributed by atoms with Crippen LogP contribution in [0.25, 0.3) is 0 Å². The minimum Gasteiger partial charge on any atom is -0.493 e. The summed E-state index contributed by atoms with van der Waals surface area (Å²) in [5.41, 5.74) is 1.71. The van der Waals surface area contributed by atoms with Gasteiger partial charge in [-0.15, -0.1) is 0 Å². The zero-order chi connectivity index (χ0) is 19.3. The monoisotopic (exact) mass is 362 g/mol. The van der Waals surface area contributed by atoms with Crippen molar-refractivity contribution >= 4 is 5.97 Å². The predicted molar refractivity (Wildman–Crippen MR) is 98.0 cm³/mol. The zero-order valence-corrected chi connectivity index (χ0v) is 15.8. The average molecular weight is 362 g/mol. The quantitative estimate of drug-likeness (QED) is 0.704. The predicted octanol–water partition coefficient (Wildman–Crippen LogP) is 2.75. The molecule has 2 N–H and O–H groups in total. The summed E-state index contributed by atoms with van der Waals surface area (Å²) >= 11 is 0. The molecule has 1 aromatic carbocycles. The molecule has 2 aromatic rings. The van der Waals surface area contributed by atoms with E-state index >= 15 is 0 Å². The van der Waals surface area contributed by atoms with Gasteiger partial charge < -0.3 is 19.3 Å². The van der Waals surface area contributed by atoms with Crippen LogP contribution in [0.5, 0.6) is 11.5 Å². The van der Waals surface area contributed by atoms with E-state index in [4.69, 9.17) is 14.2 Å². The Morgan fingerprint density at radius 3 is 2.42 bits per heavy atom. The van der Waals surface area contributed by atoms with Crippen molar-refractivity contribution in [2.75, 3.05) is 20.8 Å². The first-order valence-electron chi connectivity index (χ1n) is 8.52. The van der Waals surface area contributed by atoms with Crippen LogP contribution in [-0.2, 0) is 9.53 Å². The van der Waals surface area contributed by atoms with Gasteiger partial charge in [0.15, 0.2) is 11.5 Å². The number of rotatable bonds is 8. The number of methoxy groups -OCH3 is 2. The number of aryl methyl sites for hydroxylation is 1. The molecule has 0 aliphatic carbocycles. The largest absolute Gasteiger partial charge is 0.493 e. The average Bonchev–Trinajstić information content (AvgIpc) is 2.96. The van der Waals surface area contributed by atoms with Gasteiger partial charge in [0.2, 0.25) is 0 Å². The van der Waals surface area contributed by atoms with E-state index in [9.17, 15) is 9.59 Å². The standard InChI is InChI=1S/C19H26N2O5/c1-11(2)10-26-15-7-6-13(8-16(15)24-4)14(9-17(22)25-5)18-12(3)20-21-19(18)23/h6-8,11,14H,9-10H2,1-5H3,(H2,20,21,23). The van der Waals surface area contributed by atoms with Crippen LogP contribution in [0.3, 0.4) is 0 Å². The maximum absolute atomic E-state index is 12.2. The molecule has 0 amide bonds. The van der Waals surface area contributed by atoms with Crippen molar-refractivity contribution in [1.29, 1.82) is 0 Å². The van der Waals surface area contributed by atoms with E-state index in [0.717, 1.165) is 5.56 Å². The molecular weight excluding hydrogens is 336 g/mol. The molecule has 26 heavy (non-hydrogen) atoms. The lowest BCUT2D eigenvalue weighted by molar-refractivity contribution is -0.140. The van der Waals surface area contributed by atoms with Gasteiger partial charge in [-0.1, -0.05) is 19.9 Å². The Bertz CT molecular complexity index is 807. The summed E-state index contributed by atoms with van der Waals surface area (Å²) in [6.07, 6.45) is 0.0492. The summed E-state index contributed by atoms with van der Waals surface area (Å²) in [5.74, 6) is 0.719. The Morgan fingerprint density at radius 2 is 1.88 bits per heavy atom. The van der Waals surface area contributed by atoms with Gasteiger partial charge in [0.25, 0.3) is 5.56 Å². The lowest BCUT2D eigenvalue weighted by Gasteiger charge is -2.18. The van der Waals surface area contributed by atoms with Crippen molar-refractivity contribution in [3.63, 3.8) is 0 Å². The molecule has 0 aliphatic heterocycles. The third-order valence-electron chi connectivity index (χ3n) is 4.12. The Kier molecular flexibility index (Phi) is 6.49. The molecule has 0 saturated carbocycles. The highest BCUT2D eigenvalue weighted by Crippen LogP contribution is 2.35. The first-order valence-corrected chi connectivity index (χ1v) is 8.52. The van der Waals surface area contributed by atoms with Gasteiger partial charge in [0, 0.05) is 17.2 Å². The number of esters is 1. The summed E-state index contributed by atoms with van der Waals surface area (Å²) in [4.78, 5) is 24.1. The molecule has 0 fully saturated rings. The second-order valence-corrected chi connectivity index (χ2v) is 6.57. The van der Waals surface area contributed by atoms with Gasteiger partial charge >= 0.3 is 5.97 Å². The molecular formula is C19H26N2O5. The van der Waals surface area contributed by atoms with Gasteiger partial charge in [-0.3, -0.25) is 14.7 Å². The Labute approximate surface area is 152 Å². The highest BCUT2D eigenvalue weighted by Gasteiger charge is 2.25. The fourth-order valence-corrected chi connectivity index (χ4v) is 2.79. The van der Waals surface area contributed by atoms with Crippen molar-refractivity contribution < 1.29 is 19.0 Å². The minimum absolute atomic E-state index is 0.0492. The summed E-state index contributed by atoms with van der Waals surface area (Å²) in [5, 5.41) is 5.37. The van der Waals surface area contributed by atoms with E-state index in [-0.39, 0.29) is 12.0 Å². The third kappa shape index (κ3) is 4.47. The van der Waals surface area contributed by atoms with Crippen molar-refractivity contribution in [2.45, 2.75) is 33.1 Å². The Balaban J connectivity index is 2.44. The maximum Gasteiger partial charge on any atom is 0.306 e. The molecule has 1 atom stereocenters. The van der Waals surface area contributed by atoms with Crippen molar-refractivity contribution in [3.05, 3.63) is 45.4 Å². The first kappa shape index (κ1) is 19.6. The van der Waals surface area contributed by atoms with Crippen LogP contribution in [0, 0.1) is 12.8 Å². The molecule has 1 unspecified atom stereocenters. The van der Waals surface area contributed by atoms with Crippen LogP contribution in [0.1, 0.15) is 43.0 Å². The lowest BCUT2D eigenvalue weighted by atomic mass is 9.88. The summed E-state index contributed by atoms with van der Waals surface area (Å²) in [7, 11) is 2.89. The van der Waals surface area contributed by atoms with Gasteiger partial charge in [-0.05, 0) is 30.5 Å². The van der Waals surface area contributed by atoms with Gasteiger partial charge in [-0.2, -0.15) is 0 Å². The summed E-state index contributed by atoms with van der Waals surface area (Å²) in [6, 6.07) is 5.45. The third-order valence-corrected chi connectivity index (χ3v) is 4.12. The van der Waals surface area contributed by atoms with Gasteiger partial charge in [-0.25, -0.2) is 0 Å². The number of benzene rings is 1. The molecule has 0 spiro atoms. The number of aromatic nitrogens is 2. The topological polar surface area (TPSA) is 93.4 Å². The lowest BCUT2D eigenvalue weighted by Crippen LogP contribution is -2.17. The number of carbonyl (C=O) groups excluding carboxylic acids is 1. The number of carbonyl (C=O) groups is 1. The highest BCUT2D eigenvalue weighted by atomic mass is 16.5. The van der Waals surface area contributed by atoms with Crippen LogP contribution in [0.4, 0.5) is 0 Å². The van der Waals surface area contributed by atoms with Crippen molar-refractivity contribution in [1.82, 2.24) is 10.2 Å². The molecule has 7 heteroatoms. The first-order chi connectivity index (χ1) is 12.4. The number of hydrogen-bond acceptors (Lipinski definition) is 5. The highest BCUT2D eigenvalue weighted by molar-refractivity contribution is 5.71. The van der Waals surface area contributed by atoms with E-state index in [1.807, 2.05) is 6.07 Å². The Hall–Kier alpha value is -2.70. The van der Waals surface area contributed by atoms with Crippen LogP contribution in [0.2, 0.25) is 0 Å². The second kappa shape index (κ2) is 8.60. The van der Waals surface area contributed by atoms with Gasteiger partial charge in [0.1, 0.15) is 0 Å². The molecule has 0 saturated heterocycles. The number of hydrogen-bond donors (Lipinski definition) is 2. The fourth-order valence-electron chi connectivity index (χ4n) is 2.79. The van der Waals surface area contributed by atoms with E-state index in [0.29, 0.717) is 35.3 Å². The normalized spacial score (nSPS) is 12.1. The van der Waals surface area contributed by atoms with Crippen LogP contribution >= 0.6 is 0 Å². The smallest absolute Gasteiger partial charge is 0.306 e. The molecule has 2 rings (SSSR count). The van der Waals surface area contributed by atoms with Crippen LogP contribution in [-0.4, -0.2) is 37.0 Å². The molecule has 0 bridgehead atoms. The number of nitrogens with one attached hydrogen (secondary N) is 2. The van der Waals surface area contributed by atoms with Crippen LogP contribution < -0.4 is 15.0 Å². The number of H-pyrrole nitrogens is 2. The Morgan fingerprint density at radius 1 is 1.15 bits per heavy atom. The van der Waals surface area contributed by atoms with Gasteiger partial charge in [0.05, 0.1) is 27.2 Å². The van der Waals surface area contributed by atoms with E-state index in [2.05, 4.69) is 24.0 Å². The summed E-state index contributed by atoms with van der Waals surface area (Å²) < 4.78 is 16.0. The molecule has 0 radical (unpaired) electrons. The van der Waals surface area contributed by atoms with Crippen molar-refractivity contribution in [3.8, 4) is 11.5 Å². The molecule has 0 aliphatic rings. The van der Waals surface area contributed by atoms with E-state index in [1.54, 1.807) is 26.2 Å². The number of ether oxygens (including phenoxy) is 3. The zero-order valence-electron chi connectivity index (χ0n) is 15.8. The van der Waals surface area contributed by atoms with E-state index < -0.39 is 11.9 Å². The fraction of sp³-hybridized carbons (Fsp3) is 0.474. The molecule has 1 heterocycles. The minimum atomic E-state index is -0.453. The van der Waals surface area contributed by atoms with Crippen LogP contribution in [0.15, 0.2) is 23.0 Å². The number of aromatic amines is 2. The van der Waals surface area contributed by atoms with Crippen molar-refractivity contribution in [2.24, 2.45) is 5.92 Å². The SMILES string of the molecule is COC(=O)CC(c1ccc(OCC(C)C)c(OC)c1)c1c(C)[nH][nH]c1=O. The maximum atomic E-state index is 12.2. The molecule has 7 nitrogen and oxygen atoms in total.